The van der Waals surface area contributed by atoms with E-state index in [9.17, 15) is 0 Å². The van der Waals surface area contributed by atoms with Crippen LogP contribution in [0.2, 0.25) is 5.02 Å². The maximum Gasteiger partial charge on any atom is 0.189 e. The van der Waals surface area contributed by atoms with Gasteiger partial charge in [0.15, 0.2) is 6.79 Å². The molecule has 17 heavy (non-hydrogen) atoms. The summed E-state index contributed by atoms with van der Waals surface area (Å²) in [6, 6.07) is 3.93. The zero-order valence-corrected chi connectivity index (χ0v) is 10.4. The highest BCUT2D eigenvalue weighted by Gasteiger charge is 2.34. The summed E-state index contributed by atoms with van der Waals surface area (Å²) < 4.78 is 10.7. The smallest absolute Gasteiger partial charge is 0.189 e. The van der Waals surface area contributed by atoms with Crippen molar-refractivity contribution in [1.29, 1.82) is 0 Å². The second-order valence-corrected chi connectivity index (χ2v) is 5.32. The van der Waals surface area contributed by atoms with Gasteiger partial charge in [0.2, 0.25) is 0 Å². The summed E-state index contributed by atoms with van der Waals surface area (Å²) >= 11 is 6.34. The minimum atomic E-state index is -0.270. The van der Waals surface area contributed by atoms with Crippen LogP contribution < -0.4 is 10.5 Å². The number of halogens is 1. The van der Waals surface area contributed by atoms with Crippen LogP contribution >= 0.6 is 11.6 Å². The Morgan fingerprint density at radius 1 is 1.24 bits per heavy atom. The lowest BCUT2D eigenvalue weighted by molar-refractivity contribution is -0.0165. The molecule has 1 heterocycles. The molecule has 1 aromatic carbocycles. The van der Waals surface area contributed by atoms with Crippen molar-refractivity contribution in [2.75, 3.05) is 6.79 Å². The lowest BCUT2D eigenvalue weighted by Gasteiger charge is -2.28. The maximum absolute atomic E-state index is 6.44. The van der Waals surface area contributed by atoms with Crippen LogP contribution in [0.3, 0.4) is 0 Å². The molecule has 2 aliphatic rings. The van der Waals surface area contributed by atoms with Gasteiger partial charge in [-0.1, -0.05) is 24.4 Å². The summed E-state index contributed by atoms with van der Waals surface area (Å²) in [5, 5.41) is 0.738. The van der Waals surface area contributed by atoms with Crippen LogP contribution in [0.25, 0.3) is 0 Å². The zero-order chi connectivity index (χ0) is 11.9. The van der Waals surface area contributed by atoms with Gasteiger partial charge in [0, 0.05) is 16.1 Å². The molecule has 4 heteroatoms. The molecule has 2 N–H and O–H groups in total. The highest BCUT2D eigenvalue weighted by Crippen LogP contribution is 2.42. The van der Waals surface area contributed by atoms with Gasteiger partial charge < -0.3 is 15.2 Å². The fraction of sp³-hybridized carbons (Fsp3) is 0.538. The molecule has 0 spiro atoms. The minimum Gasteiger partial charge on any atom is -0.467 e. The number of benzene rings is 1. The Hall–Kier alpha value is -0.770. The second-order valence-electron chi connectivity index (χ2n) is 4.91. The SMILES string of the molecule is NC1(c2cc3c(cc2Cl)COCO3)CCCC1. The summed E-state index contributed by atoms with van der Waals surface area (Å²) in [4.78, 5) is 0. The van der Waals surface area contributed by atoms with E-state index in [2.05, 4.69) is 0 Å². The summed E-state index contributed by atoms with van der Waals surface area (Å²) in [5.41, 5.74) is 8.20. The van der Waals surface area contributed by atoms with Gasteiger partial charge >= 0.3 is 0 Å². The van der Waals surface area contributed by atoms with Crippen LogP contribution in [0.15, 0.2) is 12.1 Å². The van der Waals surface area contributed by atoms with E-state index in [0.717, 1.165) is 34.7 Å². The first-order valence-electron chi connectivity index (χ1n) is 6.01. The third-order valence-corrected chi connectivity index (χ3v) is 4.05. The molecule has 1 aromatic rings. The predicted molar refractivity (Wildman–Crippen MR) is 66.1 cm³/mol. The average molecular weight is 254 g/mol. The van der Waals surface area contributed by atoms with Gasteiger partial charge in [-0.2, -0.15) is 0 Å². The molecular formula is C13H16ClNO2. The first kappa shape index (κ1) is 11.3. The number of rotatable bonds is 1. The Kier molecular flexibility index (Phi) is 2.77. The minimum absolute atomic E-state index is 0.270. The first-order chi connectivity index (χ1) is 8.19. The van der Waals surface area contributed by atoms with E-state index in [1.54, 1.807) is 0 Å². The third-order valence-electron chi connectivity index (χ3n) is 3.74. The Bertz CT molecular complexity index is 441. The largest absolute Gasteiger partial charge is 0.467 e. The van der Waals surface area contributed by atoms with E-state index in [0.29, 0.717) is 13.4 Å². The molecule has 0 unspecified atom stereocenters. The lowest BCUT2D eigenvalue weighted by atomic mass is 9.88. The number of fused-ring (bicyclic) bond motifs is 1. The quantitative estimate of drug-likeness (QED) is 0.837. The molecule has 0 atom stereocenters. The van der Waals surface area contributed by atoms with Crippen LogP contribution in [0.5, 0.6) is 5.75 Å². The van der Waals surface area contributed by atoms with E-state index < -0.39 is 0 Å². The number of hydrogen-bond donors (Lipinski definition) is 1. The maximum atomic E-state index is 6.44. The number of hydrogen-bond acceptors (Lipinski definition) is 3. The van der Waals surface area contributed by atoms with Crippen LogP contribution in [0.4, 0.5) is 0 Å². The van der Waals surface area contributed by atoms with Crippen LogP contribution in [0.1, 0.15) is 36.8 Å². The van der Waals surface area contributed by atoms with E-state index in [1.165, 1.54) is 12.8 Å². The number of ether oxygens (including phenoxy) is 2. The number of nitrogens with two attached hydrogens (primary N) is 1. The summed E-state index contributed by atoms with van der Waals surface area (Å²) in [5.74, 6) is 0.868. The Labute approximate surface area is 106 Å². The summed E-state index contributed by atoms with van der Waals surface area (Å²) in [7, 11) is 0. The molecule has 92 valence electrons. The van der Waals surface area contributed by atoms with Crippen molar-refractivity contribution in [2.24, 2.45) is 5.73 Å². The normalized spacial score (nSPS) is 22.0. The lowest BCUT2D eigenvalue weighted by Crippen LogP contribution is -2.33. The monoisotopic (exact) mass is 253 g/mol. The van der Waals surface area contributed by atoms with Crippen molar-refractivity contribution < 1.29 is 9.47 Å². The molecule has 1 aliphatic carbocycles. The molecule has 3 rings (SSSR count). The third kappa shape index (κ3) is 1.92. The topological polar surface area (TPSA) is 44.5 Å². The van der Waals surface area contributed by atoms with Gasteiger partial charge in [0.25, 0.3) is 0 Å². The van der Waals surface area contributed by atoms with E-state index in [4.69, 9.17) is 26.8 Å². The summed E-state index contributed by atoms with van der Waals surface area (Å²) in [6.45, 7) is 0.874. The molecule has 1 fully saturated rings. The van der Waals surface area contributed by atoms with Gasteiger partial charge in [0.1, 0.15) is 5.75 Å². The van der Waals surface area contributed by atoms with Crippen molar-refractivity contribution in [1.82, 2.24) is 0 Å². The van der Waals surface area contributed by atoms with Gasteiger partial charge in [-0.05, 0) is 30.5 Å². The molecule has 0 aromatic heterocycles. The molecular weight excluding hydrogens is 238 g/mol. The molecule has 0 amide bonds. The van der Waals surface area contributed by atoms with E-state index in [1.807, 2.05) is 12.1 Å². The van der Waals surface area contributed by atoms with Crippen molar-refractivity contribution in [2.45, 2.75) is 37.8 Å². The Morgan fingerprint density at radius 2 is 2.00 bits per heavy atom. The molecule has 1 saturated carbocycles. The van der Waals surface area contributed by atoms with Crippen LogP contribution in [-0.2, 0) is 16.9 Å². The van der Waals surface area contributed by atoms with Gasteiger partial charge in [-0.25, -0.2) is 0 Å². The fourth-order valence-corrected chi connectivity index (χ4v) is 3.13. The van der Waals surface area contributed by atoms with Gasteiger partial charge in [-0.15, -0.1) is 0 Å². The standard InChI is InChI=1S/C13H16ClNO2/c14-11-5-9-7-16-8-17-12(9)6-10(11)13(15)3-1-2-4-13/h5-6H,1-4,7-8,15H2. The van der Waals surface area contributed by atoms with Crippen molar-refractivity contribution >= 4 is 11.6 Å². The van der Waals surface area contributed by atoms with Crippen molar-refractivity contribution in [3.05, 3.63) is 28.3 Å². The van der Waals surface area contributed by atoms with E-state index in [-0.39, 0.29) is 5.54 Å². The fourth-order valence-electron chi connectivity index (χ4n) is 2.76. The molecule has 1 aliphatic heterocycles. The average Bonchev–Trinajstić information content (AvgIpc) is 2.76. The van der Waals surface area contributed by atoms with Crippen molar-refractivity contribution in [3.8, 4) is 5.75 Å². The highest BCUT2D eigenvalue weighted by molar-refractivity contribution is 6.31. The van der Waals surface area contributed by atoms with Gasteiger partial charge in [-0.3, -0.25) is 0 Å². The van der Waals surface area contributed by atoms with Crippen LogP contribution in [-0.4, -0.2) is 6.79 Å². The van der Waals surface area contributed by atoms with Crippen molar-refractivity contribution in [3.63, 3.8) is 0 Å². The summed E-state index contributed by atoms with van der Waals surface area (Å²) in [6.07, 6.45) is 4.35. The predicted octanol–water partition coefficient (Wildman–Crippen LogP) is 2.93. The highest BCUT2D eigenvalue weighted by atomic mass is 35.5. The second kappa shape index (κ2) is 4.16. The molecule has 3 nitrogen and oxygen atoms in total. The van der Waals surface area contributed by atoms with Crippen LogP contribution in [0, 0.1) is 0 Å². The molecule has 0 bridgehead atoms. The molecule has 0 radical (unpaired) electrons. The van der Waals surface area contributed by atoms with E-state index >= 15 is 0 Å². The zero-order valence-electron chi connectivity index (χ0n) is 9.67. The Balaban J connectivity index is 2.04. The molecule has 0 saturated heterocycles. The van der Waals surface area contributed by atoms with Gasteiger partial charge in [0.05, 0.1) is 6.61 Å². The first-order valence-corrected chi connectivity index (χ1v) is 6.39. The Morgan fingerprint density at radius 3 is 2.76 bits per heavy atom.